The second-order valence-corrected chi connectivity index (χ2v) is 6.16. The molecule has 0 saturated carbocycles. The van der Waals surface area contributed by atoms with Gasteiger partial charge in [-0.15, -0.1) is 0 Å². The van der Waals surface area contributed by atoms with Crippen LogP contribution in [-0.2, 0) is 14.6 Å². The Morgan fingerprint density at radius 3 is 2.79 bits per heavy atom. The molecule has 0 aromatic carbocycles. The SMILES string of the molecule is CS(=O)(=O)CCNCCC1CCOC1. The molecule has 1 unspecified atom stereocenters. The summed E-state index contributed by atoms with van der Waals surface area (Å²) in [5, 5.41) is 3.13. The first kappa shape index (κ1) is 11.9. The molecule has 0 aromatic heterocycles. The predicted octanol–water partition coefficient (Wildman–Crippen LogP) is 0.0472. The van der Waals surface area contributed by atoms with E-state index in [9.17, 15) is 8.42 Å². The van der Waals surface area contributed by atoms with Crippen LogP contribution >= 0.6 is 0 Å². The third-order valence-electron chi connectivity index (χ3n) is 2.40. The van der Waals surface area contributed by atoms with Gasteiger partial charge >= 0.3 is 0 Å². The topological polar surface area (TPSA) is 55.4 Å². The van der Waals surface area contributed by atoms with Crippen LogP contribution in [0.15, 0.2) is 0 Å². The summed E-state index contributed by atoms with van der Waals surface area (Å²) in [6.07, 6.45) is 3.50. The molecule has 1 aliphatic heterocycles. The Balaban J connectivity index is 1.94. The highest BCUT2D eigenvalue weighted by Crippen LogP contribution is 2.14. The maximum atomic E-state index is 10.8. The van der Waals surface area contributed by atoms with Crippen molar-refractivity contribution in [3.05, 3.63) is 0 Å². The summed E-state index contributed by atoms with van der Waals surface area (Å²) in [7, 11) is -2.81. The van der Waals surface area contributed by atoms with Gasteiger partial charge in [-0.1, -0.05) is 0 Å². The predicted molar refractivity (Wildman–Crippen MR) is 56.1 cm³/mol. The van der Waals surface area contributed by atoms with Crippen molar-refractivity contribution in [1.82, 2.24) is 5.32 Å². The molecule has 14 heavy (non-hydrogen) atoms. The van der Waals surface area contributed by atoms with Gasteiger partial charge in [-0.05, 0) is 25.3 Å². The third-order valence-corrected chi connectivity index (χ3v) is 3.35. The molecule has 1 saturated heterocycles. The minimum absolute atomic E-state index is 0.230. The van der Waals surface area contributed by atoms with Gasteiger partial charge in [-0.3, -0.25) is 0 Å². The van der Waals surface area contributed by atoms with E-state index < -0.39 is 9.84 Å². The Labute approximate surface area is 85.9 Å². The zero-order valence-corrected chi connectivity index (χ0v) is 9.48. The van der Waals surface area contributed by atoms with Crippen molar-refractivity contribution in [3.8, 4) is 0 Å². The maximum absolute atomic E-state index is 10.8. The third kappa shape index (κ3) is 5.57. The summed E-state index contributed by atoms with van der Waals surface area (Å²) >= 11 is 0. The van der Waals surface area contributed by atoms with Crippen molar-refractivity contribution in [1.29, 1.82) is 0 Å². The van der Waals surface area contributed by atoms with Crippen LogP contribution in [0, 0.1) is 5.92 Å². The minimum Gasteiger partial charge on any atom is -0.381 e. The van der Waals surface area contributed by atoms with Crippen LogP contribution in [0.3, 0.4) is 0 Å². The molecule has 0 bridgehead atoms. The molecular formula is C9H19NO3S. The number of sulfone groups is 1. The lowest BCUT2D eigenvalue weighted by atomic mass is 10.1. The van der Waals surface area contributed by atoms with Gasteiger partial charge in [0.1, 0.15) is 9.84 Å². The average Bonchev–Trinajstić information content (AvgIpc) is 2.54. The van der Waals surface area contributed by atoms with Crippen molar-refractivity contribution < 1.29 is 13.2 Å². The van der Waals surface area contributed by atoms with Crippen molar-refractivity contribution >= 4 is 9.84 Å². The van der Waals surface area contributed by atoms with E-state index in [-0.39, 0.29) is 5.75 Å². The van der Waals surface area contributed by atoms with E-state index in [2.05, 4.69) is 5.32 Å². The summed E-state index contributed by atoms with van der Waals surface area (Å²) in [6.45, 7) is 3.21. The van der Waals surface area contributed by atoms with Crippen molar-refractivity contribution in [3.63, 3.8) is 0 Å². The summed E-state index contributed by atoms with van der Waals surface area (Å²) in [6, 6.07) is 0. The van der Waals surface area contributed by atoms with Crippen LogP contribution in [0.4, 0.5) is 0 Å². The van der Waals surface area contributed by atoms with Crippen LogP contribution in [0.5, 0.6) is 0 Å². The number of nitrogens with one attached hydrogen (secondary N) is 1. The van der Waals surface area contributed by atoms with Crippen molar-refractivity contribution in [2.75, 3.05) is 38.3 Å². The minimum atomic E-state index is -2.81. The van der Waals surface area contributed by atoms with Gasteiger partial charge in [0.2, 0.25) is 0 Å². The summed E-state index contributed by atoms with van der Waals surface area (Å²) < 4.78 is 26.8. The molecule has 0 aliphatic carbocycles. The largest absolute Gasteiger partial charge is 0.381 e. The molecule has 1 fully saturated rings. The Morgan fingerprint density at radius 1 is 1.43 bits per heavy atom. The lowest BCUT2D eigenvalue weighted by molar-refractivity contribution is 0.184. The van der Waals surface area contributed by atoms with Crippen LogP contribution in [0.2, 0.25) is 0 Å². The standard InChI is InChI=1S/C9H19NO3S/c1-14(11,12)7-5-10-4-2-9-3-6-13-8-9/h9-10H,2-8H2,1H3. The lowest BCUT2D eigenvalue weighted by Crippen LogP contribution is -2.24. The molecule has 0 amide bonds. The molecule has 0 spiro atoms. The zero-order valence-electron chi connectivity index (χ0n) is 8.66. The van der Waals surface area contributed by atoms with E-state index in [0.29, 0.717) is 12.5 Å². The highest BCUT2D eigenvalue weighted by atomic mass is 32.2. The molecule has 1 rings (SSSR count). The van der Waals surface area contributed by atoms with Gasteiger partial charge in [-0.25, -0.2) is 8.42 Å². The van der Waals surface area contributed by atoms with Gasteiger partial charge in [0.25, 0.3) is 0 Å². The molecule has 5 heteroatoms. The highest BCUT2D eigenvalue weighted by molar-refractivity contribution is 7.90. The number of hydrogen-bond acceptors (Lipinski definition) is 4. The van der Waals surface area contributed by atoms with Crippen LogP contribution in [-0.4, -0.2) is 46.7 Å². The van der Waals surface area contributed by atoms with E-state index in [1.165, 1.54) is 6.26 Å². The quantitative estimate of drug-likeness (QED) is 0.644. The molecule has 1 N–H and O–H groups in total. The number of hydrogen-bond donors (Lipinski definition) is 1. The smallest absolute Gasteiger partial charge is 0.148 e. The fourth-order valence-electron chi connectivity index (χ4n) is 1.50. The van der Waals surface area contributed by atoms with Crippen molar-refractivity contribution in [2.45, 2.75) is 12.8 Å². The molecule has 0 radical (unpaired) electrons. The van der Waals surface area contributed by atoms with E-state index >= 15 is 0 Å². The number of ether oxygens (including phenoxy) is 1. The molecule has 1 heterocycles. The highest BCUT2D eigenvalue weighted by Gasteiger charge is 2.14. The lowest BCUT2D eigenvalue weighted by Gasteiger charge is -2.07. The summed E-state index contributed by atoms with van der Waals surface area (Å²) in [4.78, 5) is 0. The van der Waals surface area contributed by atoms with Gasteiger partial charge in [0, 0.05) is 26.0 Å². The van der Waals surface area contributed by atoms with Crippen LogP contribution in [0.25, 0.3) is 0 Å². The molecule has 4 nitrogen and oxygen atoms in total. The van der Waals surface area contributed by atoms with Gasteiger partial charge < -0.3 is 10.1 Å². The first-order valence-electron chi connectivity index (χ1n) is 5.04. The van der Waals surface area contributed by atoms with Crippen molar-refractivity contribution in [2.24, 2.45) is 5.92 Å². The average molecular weight is 221 g/mol. The second-order valence-electron chi connectivity index (χ2n) is 3.90. The first-order chi connectivity index (χ1) is 6.58. The van der Waals surface area contributed by atoms with E-state index in [1.807, 2.05) is 0 Å². The molecule has 0 aromatic rings. The van der Waals surface area contributed by atoms with Gasteiger partial charge in [0.15, 0.2) is 0 Å². The van der Waals surface area contributed by atoms with Gasteiger partial charge in [0.05, 0.1) is 5.75 Å². The Bertz CT molecular complexity index is 245. The second kappa shape index (κ2) is 5.68. The normalized spacial score (nSPS) is 22.8. The van der Waals surface area contributed by atoms with E-state index in [1.54, 1.807) is 0 Å². The molecule has 84 valence electrons. The molecule has 1 aliphatic rings. The van der Waals surface area contributed by atoms with E-state index in [0.717, 1.165) is 32.6 Å². The number of rotatable bonds is 6. The monoisotopic (exact) mass is 221 g/mol. The summed E-state index contributed by atoms with van der Waals surface area (Å²) in [5.41, 5.74) is 0. The zero-order chi connectivity index (χ0) is 10.4. The van der Waals surface area contributed by atoms with E-state index in [4.69, 9.17) is 4.74 Å². The molecular weight excluding hydrogens is 202 g/mol. The van der Waals surface area contributed by atoms with Crippen LogP contribution in [0.1, 0.15) is 12.8 Å². The Morgan fingerprint density at radius 2 is 2.21 bits per heavy atom. The first-order valence-corrected chi connectivity index (χ1v) is 7.10. The Kier molecular flexibility index (Phi) is 4.84. The van der Waals surface area contributed by atoms with Crippen LogP contribution < -0.4 is 5.32 Å². The fourth-order valence-corrected chi connectivity index (χ4v) is 2.01. The maximum Gasteiger partial charge on any atom is 0.148 e. The fraction of sp³-hybridized carbons (Fsp3) is 1.00. The summed E-state index contributed by atoms with van der Waals surface area (Å²) in [5.74, 6) is 0.898. The Hall–Kier alpha value is -0.130. The molecule has 1 atom stereocenters. The van der Waals surface area contributed by atoms with Gasteiger partial charge in [-0.2, -0.15) is 0 Å².